The van der Waals surface area contributed by atoms with Crippen molar-refractivity contribution in [3.63, 3.8) is 0 Å². The molecule has 1 aromatic carbocycles. The Morgan fingerprint density at radius 1 is 1.32 bits per heavy atom. The van der Waals surface area contributed by atoms with E-state index in [4.69, 9.17) is 5.11 Å². The van der Waals surface area contributed by atoms with E-state index in [0.29, 0.717) is 0 Å². The molecular weight excluding hydrogens is 242 g/mol. The lowest BCUT2D eigenvalue weighted by molar-refractivity contribution is 0.0695. The quantitative estimate of drug-likeness (QED) is 0.918. The van der Waals surface area contributed by atoms with Crippen LogP contribution < -0.4 is 5.43 Å². The van der Waals surface area contributed by atoms with E-state index in [9.17, 15) is 9.59 Å². The van der Waals surface area contributed by atoms with E-state index in [1.807, 2.05) is 31.2 Å². The molecule has 2 aromatic rings. The van der Waals surface area contributed by atoms with E-state index >= 15 is 0 Å². The second-order valence-electron chi connectivity index (χ2n) is 4.35. The summed E-state index contributed by atoms with van der Waals surface area (Å²) in [6, 6.07) is 9.11. The Balaban J connectivity index is 2.72. The highest BCUT2D eigenvalue weighted by atomic mass is 16.4. The maximum Gasteiger partial charge on any atom is 0.341 e. The van der Waals surface area contributed by atoms with Gasteiger partial charge in [-0.25, -0.2) is 4.79 Å². The molecule has 0 radical (unpaired) electrons. The number of aromatic nitrogens is 1. The Morgan fingerprint density at radius 3 is 2.63 bits per heavy atom. The van der Waals surface area contributed by atoms with Gasteiger partial charge in [-0.3, -0.25) is 4.79 Å². The van der Waals surface area contributed by atoms with Gasteiger partial charge in [0.25, 0.3) is 0 Å². The summed E-state index contributed by atoms with van der Waals surface area (Å²) in [5, 5.41) is 9.04. The molecule has 19 heavy (non-hydrogen) atoms. The molecule has 0 atom stereocenters. The van der Waals surface area contributed by atoms with Gasteiger partial charge in [-0.2, -0.15) is 0 Å². The minimum Gasteiger partial charge on any atom is -0.477 e. The van der Waals surface area contributed by atoms with Crippen LogP contribution >= 0.6 is 0 Å². The monoisotopic (exact) mass is 257 g/mol. The third-order valence-electron chi connectivity index (χ3n) is 3.11. The fourth-order valence-corrected chi connectivity index (χ4v) is 2.10. The number of aromatic carboxylic acids is 1. The van der Waals surface area contributed by atoms with Gasteiger partial charge in [0.1, 0.15) is 5.56 Å². The summed E-state index contributed by atoms with van der Waals surface area (Å²) < 4.78 is 1.75. The summed E-state index contributed by atoms with van der Waals surface area (Å²) in [6.45, 7) is 3.83. The maximum atomic E-state index is 11.6. The molecule has 1 heterocycles. The summed E-state index contributed by atoms with van der Waals surface area (Å²) in [4.78, 5) is 22.7. The van der Waals surface area contributed by atoms with Gasteiger partial charge in [0.2, 0.25) is 0 Å². The number of nitrogens with zero attached hydrogens (tertiary/aromatic N) is 1. The lowest BCUT2D eigenvalue weighted by atomic mass is 10.1. The van der Waals surface area contributed by atoms with E-state index in [-0.39, 0.29) is 5.56 Å². The summed E-state index contributed by atoms with van der Waals surface area (Å²) in [5.41, 5.74) is 2.05. The zero-order valence-electron chi connectivity index (χ0n) is 10.9. The molecule has 0 aliphatic carbocycles. The average molecular weight is 257 g/mol. The molecular formula is C15H15NO3. The first-order chi connectivity index (χ1) is 9.04. The van der Waals surface area contributed by atoms with Crippen molar-refractivity contribution in [3.8, 4) is 5.69 Å². The average Bonchev–Trinajstić information content (AvgIpc) is 2.38. The molecule has 0 aliphatic rings. The second-order valence-corrected chi connectivity index (χ2v) is 4.35. The first-order valence-corrected chi connectivity index (χ1v) is 6.09. The molecule has 0 aliphatic heterocycles. The summed E-state index contributed by atoms with van der Waals surface area (Å²) in [5.74, 6) is -1.20. The van der Waals surface area contributed by atoms with Gasteiger partial charge in [0, 0.05) is 23.6 Å². The number of hydrogen-bond donors (Lipinski definition) is 1. The lowest BCUT2D eigenvalue weighted by Gasteiger charge is -2.15. The van der Waals surface area contributed by atoms with Crippen LogP contribution in [-0.2, 0) is 6.42 Å². The zero-order valence-corrected chi connectivity index (χ0v) is 10.9. The van der Waals surface area contributed by atoms with Gasteiger partial charge < -0.3 is 9.67 Å². The van der Waals surface area contributed by atoms with Crippen molar-refractivity contribution in [2.45, 2.75) is 20.3 Å². The van der Waals surface area contributed by atoms with Crippen molar-refractivity contribution in [1.29, 1.82) is 0 Å². The van der Waals surface area contributed by atoms with E-state index in [2.05, 4.69) is 0 Å². The minimum atomic E-state index is -1.20. The number of hydrogen-bond acceptors (Lipinski definition) is 2. The predicted octanol–water partition coefficient (Wildman–Crippen LogP) is 2.41. The lowest BCUT2D eigenvalue weighted by Crippen LogP contribution is -2.18. The standard InChI is InChI=1S/C15H15NO3/c1-3-11-6-4-5-7-13(11)16-9-12(15(18)19)14(17)8-10(16)2/h4-9H,3H2,1-2H3,(H,18,19). The topological polar surface area (TPSA) is 59.3 Å². The van der Waals surface area contributed by atoms with Crippen molar-refractivity contribution in [3.05, 3.63) is 63.6 Å². The summed E-state index contributed by atoms with van der Waals surface area (Å²) >= 11 is 0. The minimum absolute atomic E-state index is 0.212. The van der Waals surface area contributed by atoms with Crippen LogP contribution in [-0.4, -0.2) is 15.6 Å². The van der Waals surface area contributed by atoms with Crippen LogP contribution in [0.5, 0.6) is 0 Å². The molecule has 0 bridgehead atoms. The fourth-order valence-electron chi connectivity index (χ4n) is 2.10. The Labute approximate surface area is 110 Å². The second kappa shape index (κ2) is 5.10. The van der Waals surface area contributed by atoms with E-state index in [0.717, 1.165) is 23.4 Å². The van der Waals surface area contributed by atoms with Crippen LogP contribution in [0.3, 0.4) is 0 Å². The van der Waals surface area contributed by atoms with Crippen molar-refractivity contribution in [2.75, 3.05) is 0 Å². The van der Waals surface area contributed by atoms with Crippen LogP contribution in [0.2, 0.25) is 0 Å². The normalized spacial score (nSPS) is 10.4. The number of carboxylic acid groups (broad SMARTS) is 1. The van der Waals surface area contributed by atoms with Gasteiger partial charge in [0.05, 0.1) is 0 Å². The number of carboxylic acids is 1. The molecule has 98 valence electrons. The summed E-state index contributed by atoms with van der Waals surface area (Å²) in [7, 11) is 0. The van der Waals surface area contributed by atoms with Crippen molar-refractivity contribution in [2.24, 2.45) is 0 Å². The third kappa shape index (κ3) is 2.42. The van der Waals surface area contributed by atoms with Gasteiger partial charge in [-0.05, 0) is 25.0 Å². The van der Waals surface area contributed by atoms with E-state index in [1.165, 1.54) is 12.3 Å². The van der Waals surface area contributed by atoms with Gasteiger partial charge in [-0.1, -0.05) is 25.1 Å². The highest BCUT2D eigenvalue weighted by molar-refractivity contribution is 5.87. The van der Waals surface area contributed by atoms with Gasteiger partial charge in [-0.15, -0.1) is 0 Å². The predicted molar refractivity (Wildman–Crippen MR) is 73.1 cm³/mol. The van der Waals surface area contributed by atoms with Crippen molar-refractivity contribution in [1.82, 2.24) is 4.57 Å². The van der Waals surface area contributed by atoms with Gasteiger partial charge >= 0.3 is 5.97 Å². The molecule has 0 saturated carbocycles. The van der Waals surface area contributed by atoms with Crippen LogP contribution in [0.25, 0.3) is 5.69 Å². The van der Waals surface area contributed by atoms with Crippen LogP contribution in [0, 0.1) is 6.92 Å². The Hall–Kier alpha value is -2.36. The number of aryl methyl sites for hydroxylation is 2. The first-order valence-electron chi connectivity index (χ1n) is 6.09. The van der Waals surface area contributed by atoms with Crippen LogP contribution in [0.1, 0.15) is 28.5 Å². The van der Waals surface area contributed by atoms with Crippen LogP contribution in [0.4, 0.5) is 0 Å². The molecule has 0 amide bonds. The van der Waals surface area contributed by atoms with Gasteiger partial charge in [0.15, 0.2) is 5.43 Å². The maximum absolute atomic E-state index is 11.6. The van der Waals surface area contributed by atoms with E-state index < -0.39 is 11.4 Å². The molecule has 0 fully saturated rings. The molecule has 1 aromatic heterocycles. The first kappa shape index (κ1) is 13.1. The number of benzene rings is 1. The van der Waals surface area contributed by atoms with E-state index in [1.54, 1.807) is 11.5 Å². The third-order valence-corrected chi connectivity index (χ3v) is 3.11. The molecule has 0 saturated heterocycles. The van der Waals surface area contributed by atoms with Crippen molar-refractivity contribution >= 4 is 5.97 Å². The highest BCUT2D eigenvalue weighted by Gasteiger charge is 2.12. The Morgan fingerprint density at radius 2 is 2.00 bits per heavy atom. The number of carbonyl (C=O) groups is 1. The van der Waals surface area contributed by atoms with Crippen LogP contribution in [0.15, 0.2) is 41.3 Å². The summed E-state index contributed by atoms with van der Waals surface area (Å²) in [6.07, 6.45) is 2.23. The Bertz CT molecular complexity index is 686. The molecule has 4 nitrogen and oxygen atoms in total. The molecule has 0 spiro atoms. The number of rotatable bonds is 3. The molecule has 2 rings (SSSR count). The Kier molecular flexibility index (Phi) is 3.51. The molecule has 0 unspecified atom stereocenters. The molecule has 4 heteroatoms. The highest BCUT2D eigenvalue weighted by Crippen LogP contribution is 2.17. The number of para-hydroxylation sites is 1. The molecule has 1 N–H and O–H groups in total. The smallest absolute Gasteiger partial charge is 0.341 e. The zero-order chi connectivity index (χ0) is 14.0. The largest absolute Gasteiger partial charge is 0.477 e. The fraction of sp³-hybridized carbons (Fsp3) is 0.200. The van der Waals surface area contributed by atoms with Crippen molar-refractivity contribution < 1.29 is 9.90 Å². The number of pyridine rings is 1. The SMILES string of the molecule is CCc1ccccc1-n1cc(C(=O)O)c(=O)cc1C.